The smallest absolute Gasteiger partial charge is 0.475 e. The van der Waals surface area contributed by atoms with Crippen molar-refractivity contribution in [3.8, 4) is 11.9 Å². The zero-order valence-corrected chi connectivity index (χ0v) is 13.6. The van der Waals surface area contributed by atoms with Gasteiger partial charge in [0.05, 0.1) is 18.7 Å². The van der Waals surface area contributed by atoms with Crippen molar-refractivity contribution >= 4 is 23.5 Å². The number of alkyl halides is 3. The predicted octanol–water partition coefficient (Wildman–Crippen LogP) is 1.83. The van der Waals surface area contributed by atoms with Gasteiger partial charge in [0.2, 0.25) is 11.8 Å². The lowest BCUT2D eigenvalue weighted by atomic mass is 10.3. The molecule has 1 aliphatic rings. The number of ether oxygens (including phenoxy) is 1. The lowest BCUT2D eigenvalue weighted by Crippen LogP contribution is -2.23. The molecule has 1 aromatic rings. The van der Waals surface area contributed by atoms with Gasteiger partial charge in [0.1, 0.15) is 11.6 Å². The molecule has 1 aromatic heterocycles. The van der Waals surface area contributed by atoms with Crippen LogP contribution in [0.25, 0.3) is 0 Å². The minimum Gasteiger partial charge on any atom is -0.475 e. The van der Waals surface area contributed by atoms with Crippen LogP contribution in [0.1, 0.15) is 12.8 Å². The summed E-state index contributed by atoms with van der Waals surface area (Å²) in [5, 5.41) is 22.4. The van der Waals surface area contributed by atoms with Crippen molar-refractivity contribution in [3.05, 3.63) is 11.2 Å². The molecular formula is C13H15ClF3N5O3. The molecule has 0 saturated carbocycles. The van der Waals surface area contributed by atoms with E-state index in [-0.39, 0.29) is 6.61 Å². The van der Waals surface area contributed by atoms with Crippen LogP contribution in [0.4, 0.5) is 19.1 Å². The SMILES string of the molecule is N#CCCOc1nc(N[C@@H]2CCNC2)ncc1Cl.O=C(O)C(F)(F)F. The average Bonchev–Trinajstić information content (AvgIpc) is 3.03. The van der Waals surface area contributed by atoms with Crippen molar-refractivity contribution < 1.29 is 27.8 Å². The number of anilines is 1. The number of halogens is 4. The normalized spacial score (nSPS) is 16.4. The van der Waals surface area contributed by atoms with Crippen LogP contribution < -0.4 is 15.4 Å². The molecule has 3 N–H and O–H groups in total. The number of carboxylic acid groups (broad SMARTS) is 1. The van der Waals surface area contributed by atoms with Gasteiger partial charge < -0.3 is 20.5 Å². The molecule has 8 nitrogen and oxygen atoms in total. The van der Waals surface area contributed by atoms with Crippen molar-refractivity contribution in [3.63, 3.8) is 0 Å². The Morgan fingerprint density at radius 1 is 1.60 bits per heavy atom. The second-order valence-corrected chi connectivity index (χ2v) is 5.15. The number of aromatic nitrogens is 2. The fourth-order valence-electron chi connectivity index (χ4n) is 1.68. The quantitative estimate of drug-likeness (QED) is 0.661. The summed E-state index contributed by atoms with van der Waals surface area (Å²) in [6, 6.07) is 2.33. The number of nitrogens with one attached hydrogen (secondary N) is 2. The van der Waals surface area contributed by atoms with Gasteiger partial charge in [0.15, 0.2) is 0 Å². The first kappa shape index (κ1) is 20.7. The van der Waals surface area contributed by atoms with E-state index in [0.29, 0.717) is 29.3 Å². The maximum absolute atomic E-state index is 10.6. The van der Waals surface area contributed by atoms with Crippen LogP contribution in [0, 0.1) is 11.3 Å². The minimum atomic E-state index is -5.08. The summed E-state index contributed by atoms with van der Waals surface area (Å²) in [5.74, 6) is -1.94. The molecule has 25 heavy (non-hydrogen) atoms. The highest BCUT2D eigenvalue weighted by Gasteiger charge is 2.38. The number of nitriles is 1. The van der Waals surface area contributed by atoms with E-state index in [4.69, 9.17) is 31.5 Å². The first-order chi connectivity index (χ1) is 11.7. The Hall–Kier alpha value is -2.32. The number of hydrogen-bond donors (Lipinski definition) is 3. The van der Waals surface area contributed by atoms with E-state index in [9.17, 15) is 13.2 Å². The molecule has 0 bridgehead atoms. The number of carboxylic acids is 1. The highest BCUT2D eigenvalue weighted by atomic mass is 35.5. The number of nitrogens with zero attached hydrogens (tertiary/aromatic N) is 3. The Balaban J connectivity index is 0.000000381. The summed E-state index contributed by atoms with van der Waals surface area (Å²) in [6.07, 6.45) is -2.24. The molecule has 12 heteroatoms. The van der Waals surface area contributed by atoms with Crippen LogP contribution in [-0.2, 0) is 4.79 Å². The molecule has 0 aromatic carbocycles. The molecule has 0 spiro atoms. The summed E-state index contributed by atoms with van der Waals surface area (Å²) in [6.45, 7) is 2.17. The van der Waals surface area contributed by atoms with E-state index in [0.717, 1.165) is 19.5 Å². The number of carbonyl (C=O) groups is 1. The molecule has 1 aliphatic heterocycles. The molecule has 2 heterocycles. The largest absolute Gasteiger partial charge is 0.490 e. The van der Waals surface area contributed by atoms with Crippen LogP contribution in [0.2, 0.25) is 5.02 Å². The Bertz CT molecular complexity index is 618. The highest BCUT2D eigenvalue weighted by Crippen LogP contribution is 2.22. The maximum Gasteiger partial charge on any atom is 0.490 e. The van der Waals surface area contributed by atoms with E-state index in [2.05, 4.69) is 20.6 Å². The molecular weight excluding hydrogens is 367 g/mol. The summed E-state index contributed by atoms with van der Waals surface area (Å²) in [4.78, 5) is 17.2. The topological polar surface area (TPSA) is 120 Å². The molecule has 0 amide bonds. The molecule has 138 valence electrons. The van der Waals surface area contributed by atoms with Crippen LogP contribution in [0.15, 0.2) is 6.20 Å². The van der Waals surface area contributed by atoms with Gasteiger partial charge in [-0.25, -0.2) is 9.78 Å². The Kier molecular flexibility index (Phi) is 8.17. The van der Waals surface area contributed by atoms with Gasteiger partial charge in [0, 0.05) is 12.6 Å². The zero-order chi connectivity index (χ0) is 18.9. The molecule has 0 radical (unpaired) electrons. The number of hydrogen-bond acceptors (Lipinski definition) is 7. The first-order valence-electron chi connectivity index (χ1n) is 7.03. The van der Waals surface area contributed by atoms with E-state index in [1.807, 2.05) is 6.07 Å². The van der Waals surface area contributed by atoms with Crippen molar-refractivity contribution in [2.45, 2.75) is 25.1 Å². The molecule has 0 aliphatic carbocycles. The predicted molar refractivity (Wildman–Crippen MR) is 81.4 cm³/mol. The van der Waals surface area contributed by atoms with Crippen LogP contribution in [-0.4, -0.2) is 53.0 Å². The van der Waals surface area contributed by atoms with E-state index >= 15 is 0 Å². The van der Waals surface area contributed by atoms with E-state index in [1.54, 1.807) is 0 Å². The van der Waals surface area contributed by atoms with Crippen molar-refractivity contribution in [1.29, 1.82) is 5.26 Å². The molecule has 1 atom stereocenters. The zero-order valence-electron chi connectivity index (χ0n) is 12.8. The Morgan fingerprint density at radius 2 is 2.28 bits per heavy atom. The standard InChI is InChI=1S/C11H14ClN5O.C2HF3O2/c12-9-7-15-11(16-8-2-4-14-6-8)17-10(9)18-5-1-3-13;3-2(4,5)1(6)7/h7-8,14H,1-2,4-6H2,(H,15,16,17);(H,6,7)/t8-;/m1./s1. The fourth-order valence-corrected chi connectivity index (χ4v) is 1.82. The van der Waals surface area contributed by atoms with Gasteiger partial charge in [-0.2, -0.15) is 23.4 Å². The number of rotatable bonds is 5. The maximum atomic E-state index is 10.6. The highest BCUT2D eigenvalue weighted by molar-refractivity contribution is 6.31. The summed E-state index contributed by atoms with van der Waals surface area (Å²) in [5.41, 5.74) is 0. The summed E-state index contributed by atoms with van der Waals surface area (Å²) < 4.78 is 37.1. The average molecular weight is 382 g/mol. The van der Waals surface area contributed by atoms with Gasteiger partial charge in [-0.05, 0) is 13.0 Å². The van der Waals surface area contributed by atoms with Crippen molar-refractivity contribution in [1.82, 2.24) is 15.3 Å². The third-order valence-corrected chi connectivity index (χ3v) is 3.06. The van der Waals surface area contributed by atoms with Crippen molar-refractivity contribution in [2.24, 2.45) is 0 Å². The second kappa shape index (κ2) is 9.85. The van der Waals surface area contributed by atoms with Gasteiger partial charge >= 0.3 is 12.1 Å². The van der Waals surface area contributed by atoms with Gasteiger partial charge in [-0.3, -0.25) is 0 Å². The second-order valence-electron chi connectivity index (χ2n) is 4.74. The van der Waals surface area contributed by atoms with Gasteiger partial charge in [-0.15, -0.1) is 0 Å². The molecule has 1 saturated heterocycles. The van der Waals surface area contributed by atoms with Crippen LogP contribution >= 0.6 is 11.6 Å². The first-order valence-corrected chi connectivity index (χ1v) is 7.41. The van der Waals surface area contributed by atoms with E-state index in [1.165, 1.54) is 6.20 Å². The summed E-state index contributed by atoms with van der Waals surface area (Å²) >= 11 is 5.92. The molecule has 1 fully saturated rings. The van der Waals surface area contributed by atoms with E-state index < -0.39 is 12.1 Å². The monoisotopic (exact) mass is 381 g/mol. The lowest BCUT2D eigenvalue weighted by molar-refractivity contribution is -0.192. The van der Waals surface area contributed by atoms with Crippen LogP contribution in [0.3, 0.4) is 0 Å². The minimum absolute atomic E-state index is 0.275. The lowest BCUT2D eigenvalue weighted by Gasteiger charge is -2.12. The molecule has 2 rings (SSSR count). The number of aliphatic carboxylic acids is 1. The van der Waals surface area contributed by atoms with Crippen molar-refractivity contribution in [2.75, 3.05) is 25.0 Å². The van der Waals surface area contributed by atoms with Gasteiger partial charge in [-0.1, -0.05) is 11.6 Å². The van der Waals surface area contributed by atoms with Gasteiger partial charge in [0.25, 0.3) is 0 Å². The fraction of sp³-hybridized carbons (Fsp3) is 0.538. The Labute approximate surface area is 146 Å². The third-order valence-electron chi connectivity index (χ3n) is 2.80. The Morgan fingerprint density at radius 3 is 2.80 bits per heavy atom. The summed E-state index contributed by atoms with van der Waals surface area (Å²) in [7, 11) is 0. The van der Waals surface area contributed by atoms with Crippen LogP contribution in [0.5, 0.6) is 5.88 Å². The third kappa shape index (κ3) is 7.86. The molecule has 0 unspecified atom stereocenters.